The van der Waals surface area contributed by atoms with Gasteiger partial charge in [-0.25, -0.2) is 0 Å². The SMILES string of the molecule is COCCCCN(Cc1ccccc1)C(=O)CCC(C)N.Cl. The van der Waals surface area contributed by atoms with Gasteiger partial charge in [0.05, 0.1) is 0 Å². The van der Waals surface area contributed by atoms with Gasteiger partial charge in [-0.15, -0.1) is 12.4 Å². The molecule has 0 aliphatic carbocycles. The third-order valence-electron chi connectivity index (χ3n) is 3.41. The molecular weight excluding hydrogens is 300 g/mol. The molecule has 0 saturated carbocycles. The lowest BCUT2D eigenvalue weighted by Gasteiger charge is -2.23. The molecule has 126 valence electrons. The lowest BCUT2D eigenvalue weighted by atomic mass is 10.1. The first-order valence-corrected chi connectivity index (χ1v) is 7.69. The quantitative estimate of drug-likeness (QED) is 0.672. The first-order chi connectivity index (χ1) is 10.1. The van der Waals surface area contributed by atoms with Crippen LogP contribution in [0.3, 0.4) is 0 Å². The molecular formula is C17H29ClN2O2. The number of unbranched alkanes of at least 4 members (excludes halogenated alkanes) is 1. The summed E-state index contributed by atoms with van der Waals surface area (Å²) in [5, 5.41) is 0. The van der Waals surface area contributed by atoms with Gasteiger partial charge in [0.2, 0.25) is 5.91 Å². The molecule has 2 N–H and O–H groups in total. The third kappa shape index (κ3) is 9.03. The first-order valence-electron chi connectivity index (χ1n) is 7.69. The molecule has 0 spiro atoms. The van der Waals surface area contributed by atoms with Crippen molar-refractivity contribution in [1.82, 2.24) is 4.90 Å². The number of methoxy groups -OCH3 is 1. The summed E-state index contributed by atoms with van der Waals surface area (Å²) in [6.07, 6.45) is 3.20. The highest BCUT2D eigenvalue weighted by Gasteiger charge is 2.14. The molecule has 0 bridgehead atoms. The molecule has 5 heteroatoms. The van der Waals surface area contributed by atoms with E-state index < -0.39 is 0 Å². The van der Waals surface area contributed by atoms with Crippen LogP contribution in [-0.2, 0) is 16.1 Å². The van der Waals surface area contributed by atoms with Gasteiger partial charge in [-0.2, -0.15) is 0 Å². The number of benzene rings is 1. The second kappa shape index (κ2) is 12.4. The molecule has 0 aromatic heterocycles. The fourth-order valence-corrected chi connectivity index (χ4v) is 2.15. The maximum absolute atomic E-state index is 12.4. The van der Waals surface area contributed by atoms with Crippen LogP contribution >= 0.6 is 12.4 Å². The van der Waals surface area contributed by atoms with E-state index in [0.29, 0.717) is 13.0 Å². The highest BCUT2D eigenvalue weighted by atomic mass is 35.5. The Morgan fingerprint density at radius 1 is 1.27 bits per heavy atom. The second-order valence-corrected chi connectivity index (χ2v) is 5.52. The van der Waals surface area contributed by atoms with Crippen molar-refractivity contribution in [2.24, 2.45) is 5.73 Å². The number of nitrogens with two attached hydrogens (primary N) is 1. The van der Waals surface area contributed by atoms with Crippen LogP contribution in [0.2, 0.25) is 0 Å². The molecule has 0 saturated heterocycles. The van der Waals surface area contributed by atoms with Crippen molar-refractivity contribution in [3.05, 3.63) is 35.9 Å². The zero-order valence-electron chi connectivity index (χ0n) is 13.7. The molecule has 1 aromatic carbocycles. The molecule has 1 rings (SSSR count). The van der Waals surface area contributed by atoms with Crippen molar-refractivity contribution in [3.63, 3.8) is 0 Å². The Morgan fingerprint density at radius 2 is 1.95 bits per heavy atom. The van der Waals surface area contributed by atoms with Crippen LogP contribution in [0.25, 0.3) is 0 Å². The minimum absolute atomic E-state index is 0. The molecule has 0 heterocycles. The summed E-state index contributed by atoms with van der Waals surface area (Å²) < 4.78 is 5.06. The van der Waals surface area contributed by atoms with Crippen LogP contribution in [-0.4, -0.2) is 37.1 Å². The molecule has 1 unspecified atom stereocenters. The molecule has 22 heavy (non-hydrogen) atoms. The van der Waals surface area contributed by atoms with Gasteiger partial charge in [0.1, 0.15) is 0 Å². The van der Waals surface area contributed by atoms with E-state index in [-0.39, 0.29) is 24.4 Å². The number of halogens is 1. The lowest BCUT2D eigenvalue weighted by Crippen LogP contribution is -2.32. The fraction of sp³-hybridized carbons (Fsp3) is 0.588. The zero-order chi connectivity index (χ0) is 15.5. The Balaban J connectivity index is 0.00000441. The van der Waals surface area contributed by atoms with Gasteiger partial charge in [0.15, 0.2) is 0 Å². The molecule has 1 aromatic rings. The van der Waals surface area contributed by atoms with Crippen molar-refractivity contribution >= 4 is 18.3 Å². The summed E-state index contributed by atoms with van der Waals surface area (Å²) in [6.45, 7) is 4.13. The predicted octanol–water partition coefficient (Wildman–Crippen LogP) is 2.99. The zero-order valence-corrected chi connectivity index (χ0v) is 14.5. The Bertz CT molecular complexity index is 399. The minimum atomic E-state index is 0. The van der Waals surface area contributed by atoms with Gasteiger partial charge in [0, 0.05) is 39.3 Å². The Morgan fingerprint density at radius 3 is 2.55 bits per heavy atom. The van der Waals surface area contributed by atoms with E-state index in [1.165, 1.54) is 5.56 Å². The smallest absolute Gasteiger partial charge is 0.222 e. The summed E-state index contributed by atoms with van der Waals surface area (Å²) in [4.78, 5) is 14.3. The number of hydrogen-bond acceptors (Lipinski definition) is 3. The topological polar surface area (TPSA) is 55.6 Å². The van der Waals surface area contributed by atoms with Crippen molar-refractivity contribution < 1.29 is 9.53 Å². The van der Waals surface area contributed by atoms with Gasteiger partial charge < -0.3 is 15.4 Å². The number of ether oxygens (including phenoxy) is 1. The number of hydrogen-bond donors (Lipinski definition) is 1. The van der Waals surface area contributed by atoms with Crippen LogP contribution in [0.4, 0.5) is 0 Å². The van der Waals surface area contributed by atoms with Crippen LogP contribution in [0, 0.1) is 0 Å². The molecule has 0 aliphatic heterocycles. The van der Waals surface area contributed by atoms with Crippen molar-refractivity contribution in [3.8, 4) is 0 Å². The van der Waals surface area contributed by atoms with E-state index in [1.54, 1.807) is 7.11 Å². The maximum atomic E-state index is 12.4. The standard InChI is InChI=1S/C17H28N2O2.ClH/c1-15(18)10-11-17(20)19(12-6-7-13-21-2)14-16-8-4-3-5-9-16;/h3-5,8-9,15H,6-7,10-14,18H2,1-2H3;1H. The molecule has 0 aliphatic rings. The van der Waals surface area contributed by atoms with E-state index >= 15 is 0 Å². The summed E-state index contributed by atoms with van der Waals surface area (Å²) in [5.41, 5.74) is 6.91. The Labute approximate surface area is 140 Å². The monoisotopic (exact) mass is 328 g/mol. The van der Waals surface area contributed by atoms with Crippen LogP contribution in [0.5, 0.6) is 0 Å². The third-order valence-corrected chi connectivity index (χ3v) is 3.41. The molecule has 0 radical (unpaired) electrons. The molecule has 1 amide bonds. The normalized spacial score (nSPS) is 11.6. The maximum Gasteiger partial charge on any atom is 0.222 e. The predicted molar refractivity (Wildman–Crippen MR) is 93.1 cm³/mol. The van der Waals surface area contributed by atoms with Gasteiger partial charge in [-0.1, -0.05) is 30.3 Å². The number of carbonyl (C=O) groups is 1. The summed E-state index contributed by atoms with van der Waals surface area (Å²) in [6, 6.07) is 10.2. The number of nitrogens with zero attached hydrogens (tertiary/aromatic N) is 1. The first kappa shape index (κ1) is 20.9. The lowest BCUT2D eigenvalue weighted by molar-refractivity contribution is -0.132. The summed E-state index contributed by atoms with van der Waals surface area (Å²) in [5.74, 6) is 0.188. The van der Waals surface area contributed by atoms with Gasteiger partial charge in [0.25, 0.3) is 0 Å². The van der Waals surface area contributed by atoms with Gasteiger partial charge >= 0.3 is 0 Å². The van der Waals surface area contributed by atoms with Crippen molar-refractivity contribution in [1.29, 1.82) is 0 Å². The van der Waals surface area contributed by atoms with E-state index in [0.717, 1.165) is 32.4 Å². The minimum Gasteiger partial charge on any atom is -0.385 e. The average Bonchev–Trinajstić information content (AvgIpc) is 2.49. The highest BCUT2D eigenvalue weighted by molar-refractivity contribution is 5.85. The van der Waals surface area contributed by atoms with E-state index in [9.17, 15) is 4.79 Å². The molecule has 1 atom stereocenters. The van der Waals surface area contributed by atoms with Gasteiger partial charge in [-0.3, -0.25) is 4.79 Å². The van der Waals surface area contributed by atoms with Crippen LogP contribution in [0.1, 0.15) is 38.2 Å². The Hall–Kier alpha value is -1.10. The highest BCUT2D eigenvalue weighted by Crippen LogP contribution is 2.09. The van der Waals surface area contributed by atoms with Crippen LogP contribution < -0.4 is 5.73 Å². The number of rotatable bonds is 10. The van der Waals surface area contributed by atoms with E-state index in [2.05, 4.69) is 12.1 Å². The summed E-state index contributed by atoms with van der Waals surface area (Å²) in [7, 11) is 1.70. The average molecular weight is 329 g/mol. The van der Waals surface area contributed by atoms with Crippen molar-refractivity contribution in [2.45, 2.75) is 45.2 Å². The second-order valence-electron chi connectivity index (χ2n) is 5.52. The molecule has 0 fully saturated rings. The van der Waals surface area contributed by atoms with E-state index in [4.69, 9.17) is 10.5 Å². The number of amides is 1. The molecule has 4 nitrogen and oxygen atoms in total. The number of carbonyl (C=O) groups excluding carboxylic acids is 1. The Kier molecular flexibility index (Phi) is 11.8. The largest absolute Gasteiger partial charge is 0.385 e. The van der Waals surface area contributed by atoms with Gasteiger partial charge in [-0.05, 0) is 31.7 Å². The fourth-order valence-electron chi connectivity index (χ4n) is 2.15. The van der Waals surface area contributed by atoms with Crippen molar-refractivity contribution in [2.75, 3.05) is 20.3 Å². The summed E-state index contributed by atoms with van der Waals surface area (Å²) >= 11 is 0. The van der Waals surface area contributed by atoms with E-state index in [1.807, 2.05) is 30.0 Å². The van der Waals surface area contributed by atoms with Crippen LogP contribution in [0.15, 0.2) is 30.3 Å².